The van der Waals surface area contributed by atoms with Crippen LogP contribution in [0.1, 0.15) is 30.8 Å². The molecule has 1 heterocycles. The Morgan fingerprint density at radius 1 is 1.35 bits per heavy atom. The van der Waals surface area contributed by atoms with Gasteiger partial charge in [0.15, 0.2) is 23.6 Å². The van der Waals surface area contributed by atoms with Crippen molar-refractivity contribution in [3.05, 3.63) is 42.4 Å². The predicted octanol–water partition coefficient (Wildman–Crippen LogP) is 3.57. The van der Waals surface area contributed by atoms with E-state index in [0.29, 0.717) is 11.5 Å². The number of nitrogens with zero attached hydrogens (tertiary/aromatic N) is 1. The van der Waals surface area contributed by atoms with E-state index in [2.05, 4.69) is 4.98 Å². The van der Waals surface area contributed by atoms with Crippen LogP contribution in [-0.2, 0) is 0 Å². The minimum atomic E-state index is -0.0254. The second kappa shape index (κ2) is 4.95. The molecule has 0 aliphatic carbocycles. The van der Waals surface area contributed by atoms with Crippen molar-refractivity contribution in [2.24, 2.45) is 5.92 Å². The van der Waals surface area contributed by atoms with Crippen molar-refractivity contribution in [1.29, 1.82) is 0 Å². The molecule has 0 saturated heterocycles. The van der Waals surface area contributed by atoms with Gasteiger partial charge in [-0.25, -0.2) is 4.98 Å². The van der Waals surface area contributed by atoms with E-state index in [1.807, 2.05) is 44.2 Å². The maximum atomic E-state index is 12.1. The van der Waals surface area contributed by atoms with E-state index < -0.39 is 0 Å². The average Bonchev–Trinajstić information content (AvgIpc) is 2.87. The minimum absolute atomic E-state index is 0.0254. The zero-order valence-electron chi connectivity index (χ0n) is 10.0. The second-order valence-corrected chi connectivity index (χ2v) is 4.07. The molecule has 0 radical (unpaired) electrons. The summed E-state index contributed by atoms with van der Waals surface area (Å²) in [7, 11) is 0. The highest BCUT2D eigenvalue weighted by molar-refractivity contribution is 6.00. The standard InChI is InChI=1S/C14H15NO2/c1-3-10(2)13(16)12-14(17-9-15-12)11-7-5-4-6-8-11/h4-10H,3H2,1-2H3. The van der Waals surface area contributed by atoms with Gasteiger partial charge in [0.25, 0.3) is 0 Å². The Bertz CT molecular complexity index is 502. The predicted molar refractivity (Wildman–Crippen MR) is 65.7 cm³/mol. The zero-order chi connectivity index (χ0) is 12.3. The summed E-state index contributed by atoms with van der Waals surface area (Å²) in [4.78, 5) is 16.2. The van der Waals surface area contributed by atoms with Crippen LogP contribution in [0.2, 0.25) is 0 Å². The van der Waals surface area contributed by atoms with E-state index >= 15 is 0 Å². The van der Waals surface area contributed by atoms with Gasteiger partial charge in [0.1, 0.15) is 0 Å². The molecule has 0 aliphatic rings. The molecular formula is C14H15NO2. The number of rotatable bonds is 4. The number of benzene rings is 1. The van der Waals surface area contributed by atoms with Gasteiger partial charge in [0.2, 0.25) is 0 Å². The summed E-state index contributed by atoms with van der Waals surface area (Å²) < 4.78 is 5.33. The van der Waals surface area contributed by atoms with Crippen LogP contribution in [-0.4, -0.2) is 10.8 Å². The number of carbonyl (C=O) groups is 1. The van der Waals surface area contributed by atoms with Gasteiger partial charge in [0.05, 0.1) is 0 Å². The average molecular weight is 229 g/mol. The lowest BCUT2D eigenvalue weighted by atomic mass is 9.98. The third kappa shape index (κ3) is 2.28. The van der Waals surface area contributed by atoms with Crippen LogP contribution >= 0.6 is 0 Å². The zero-order valence-corrected chi connectivity index (χ0v) is 10.0. The van der Waals surface area contributed by atoms with Crippen LogP contribution < -0.4 is 0 Å². The summed E-state index contributed by atoms with van der Waals surface area (Å²) in [6.45, 7) is 3.90. The second-order valence-electron chi connectivity index (χ2n) is 4.07. The molecule has 1 aromatic heterocycles. The molecule has 1 atom stereocenters. The van der Waals surface area contributed by atoms with Crippen LogP contribution in [0.5, 0.6) is 0 Å². The Hall–Kier alpha value is -1.90. The van der Waals surface area contributed by atoms with Crippen molar-refractivity contribution in [1.82, 2.24) is 4.98 Å². The summed E-state index contributed by atoms with van der Waals surface area (Å²) in [5, 5.41) is 0. The summed E-state index contributed by atoms with van der Waals surface area (Å²) in [5.74, 6) is 0.582. The fourth-order valence-corrected chi connectivity index (χ4v) is 1.63. The highest BCUT2D eigenvalue weighted by Crippen LogP contribution is 2.25. The molecule has 3 heteroatoms. The lowest BCUT2D eigenvalue weighted by molar-refractivity contribution is 0.0923. The SMILES string of the molecule is CCC(C)C(=O)c1ncoc1-c1ccccc1. The van der Waals surface area contributed by atoms with E-state index in [1.165, 1.54) is 6.39 Å². The Kier molecular flexibility index (Phi) is 3.38. The van der Waals surface area contributed by atoms with E-state index in [-0.39, 0.29) is 11.7 Å². The lowest BCUT2D eigenvalue weighted by Crippen LogP contribution is -2.11. The summed E-state index contributed by atoms with van der Waals surface area (Å²) in [6, 6.07) is 9.57. The van der Waals surface area contributed by atoms with Crippen molar-refractivity contribution < 1.29 is 9.21 Å². The van der Waals surface area contributed by atoms with Gasteiger partial charge in [-0.3, -0.25) is 4.79 Å². The molecule has 2 aromatic rings. The molecule has 1 unspecified atom stereocenters. The van der Waals surface area contributed by atoms with Crippen LogP contribution in [0, 0.1) is 5.92 Å². The topological polar surface area (TPSA) is 43.1 Å². The summed E-state index contributed by atoms with van der Waals surface area (Å²) in [5.41, 5.74) is 1.32. The molecule has 0 N–H and O–H groups in total. The third-order valence-corrected chi connectivity index (χ3v) is 2.90. The first kappa shape index (κ1) is 11.6. The Morgan fingerprint density at radius 2 is 2.06 bits per heavy atom. The van der Waals surface area contributed by atoms with Crippen LogP contribution in [0.4, 0.5) is 0 Å². The molecule has 0 amide bonds. The van der Waals surface area contributed by atoms with E-state index in [9.17, 15) is 4.79 Å². The molecule has 0 bridgehead atoms. The Labute approximate surface area is 100 Å². The molecule has 88 valence electrons. The number of ketones is 1. The first-order chi connectivity index (χ1) is 8.24. The number of Topliss-reactive ketones (excluding diaryl/α,β-unsaturated/α-hetero) is 1. The van der Waals surface area contributed by atoms with Gasteiger partial charge in [-0.05, 0) is 6.42 Å². The highest BCUT2D eigenvalue weighted by Gasteiger charge is 2.21. The van der Waals surface area contributed by atoms with Gasteiger partial charge >= 0.3 is 0 Å². The fourth-order valence-electron chi connectivity index (χ4n) is 1.63. The van der Waals surface area contributed by atoms with Crippen molar-refractivity contribution >= 4 is 5.78 Å². The number of hydrogen-bond donors (Lipinski definition) is 0. The van der Waals surface area contributed by atoms with Crippen molar-refractivity contribution in [2.45, 2.75) is 20.3 Å². The van der Waals surface area contributed by atoms with Crippen LogP contribution in [0.25, 0.3) is 11.3 Å². The third-order valence-electron chi connectivity index (χ3n) is 2.90. The maximum Gasteiger partial charge on any atom is 0.187 e. The molecule has 0 aliphatic heterocycles. The van der Waals surface area contributed by atoms with E-state index in [4.69, 9.17) is 4.42 Å². The van der Waals surface area contributed by atoms with Crippen LogP contribution in [0.15, 0.2) is 41.1 Å². The van der Waals surface area contributed by atoms with Gasteiger partial charge in [-0.1, -0.05) is 44.2 Å². The largest absolute Gasteiger partial charge is 0.443 e. The summed E-state index contributed by atoms with van der Waals surface area (Å²) in [6.07, 6.45) is 2.14. The molecule has 1 aromatic carbocycles. The lowest BCUT2D eigenvalue weighted by Gasteiger charge is -2.05. The number of aromatic nitrogens is 1. The van der Waals surface area contributed by atoms with Crippen molar-refractivity contribution in [3.8, 4) is 11.3 Å². The smallest absolute Gasteiger partial charge is 0.187 e. The Morgan fingerprint density at radius 3 is 2.71 bits per heavy atom. The van der Waals surface area contributed by atoms with Gasteiger partial charge in [-0.2, -0.15) is 0 Å². The van der Waals surface area contributed by atoms with Crippen LogP contribution in [0.3, 0.4) is 0 Å². The summed E-state index contributed by atoms with van der Waals surface area (Å²) >= 11 is 0. The molecule has 0 fully saturated rings. The Balaban J connectivity index is 2.39. The van der Waals surface area contributed by atoms with Gasteiger partial charge < -0.3 is 4.42 Å². The molecular weight excluding hydrogens is 214 g/mol. The monoisotopic (exact) mass is 229 g/mol. The molecule has 0 spiro atoms. The highest BCUT2D eigenvalue weighted by atomic mass is 16.3. The van der Waals surface area contributed by atoms with E-state index in [1.54, 1.807) is 0 Å². The molecule has 0 saturated carbocycles. The van der Waals surface area contributed by atoms with Gasteiger partial charge in [0, 0.05) is 11.5 Å². The van der Waals surface area contributed by atoms with Gasteiger partial charge in [-0.15, -0.1) is 0 Å². The van der Waals surface area contributed by atoms with E-state index in [0.717, 1.165) is 12.0 Å². The maximum absolute atomic E-state index is 12.1. The molecule has 17 heavy (non-hydrogen) atoms. The van der Waals surface area contributed by atoms with Crippen molar-refractivity contribution in [3.63, 3.8) is 0 Å². The molecule has 2 rings (SSSR count). The number of oxazole rings is 1. The fraction of sp³-hybridized carbons (Fsp3) is 0.286. The minimum Gasteiger partial charge on any atom is -0.443 e. The molecule has 3 nitrogen and oxygen atoms in total. The first-order valence-electron chi connectivity index (χ1n) is 5.77. The van der Waals surface area contributed by atoms with Crippen molar-refractivity contribution in [2.75, 3.05) is 0 Å². The number of carbonyl (C=O) groups excluding carboxylic acids is 1. The number of hydrogen-bond acceptors (Lipinski definition) is 3. The quantitative estimate of drug-likeness (QED) is 0.753. The normalized spacial score (nSPS) is 12.4. The first-order valence-corrected chi connectivity index (χ1v) is 5.77.